The third kappa shape index (κ3) is 5.06. The SMILES string of the molecule is Nc1nonc1-n1nnc(C(=O)N/N=C\c2ccccc2C(F)(F)F)c1CSc1ccccc1. The monoisotopic (exact) mass is 488 g/mol. The van der Waals surface area contributed by atoms with Gasteiger partial charge in [0.15, 0.2) is 5.69 Å². The molecule has 0 bridgehead atoms. The van der Waals surface area contributed by atoms with E-state index in [-0.39, 0.29) is 28.6 Å². The Balaban J connectivity index is 1.58. The molecule has 2 heterocycles. The van der Waals surface area contributed by atoms with Gasteiger partial charge in [-0.25, -0.2) is 10.1 Å². The second kappa shape index (κ2) is 9.74. The van der Waals surface area contributed by atoms with Gasteiger partial charge in [-0.1, -0.05) is 41.6 Å². The molecular weight excluding hydrogens is 473 g/mol. The Bertz CT molecular complexity index is 1320. The van der Waals surface area contributed by atoms with Crippen LogP contribution >= 0.6 is 11.8 Å². The van der Waals surface area contributed by atoms with Crippen LogP contribution in [0.15, 0.2) is 69.2 Å². The summed E-state index contributed by atoms with van der Waals surface area (Å²) in [4.78, 5) is 13.7. The highest BCUT2D eigenvalue weighted by Gasteiger charge is 2.32. The number of thioether (sulfide) groups is 1. The average Bonchev–Trinajstić information content (AvgIpc) is 3.43. The first-order valence-corrected chi connectivity index (χ1v) is 10.5. The molecule has 0 aliphatic rings. The lowest BCUT2D eigenvalue weighted by Crippen LogP contribution is -2.20. The van der Waals surface area contributed by atoms with Crippen molar-refractivity contribution in [3.05, 3.63) is 77.1 Å². The van der Waals surface area contributed by atoms with Gasteiger partial charge in [-0.05, 0) is 28.5 Å². The van der Waals surface area contributed by atoms with Crippen LogP contribution < -0.4 is 11.2 Å². The number of nitrogens with zero attached hydrogens (tertiary/aromatic N) is 6. The van der Waals surface area contributed by atoms with Gasteiger partial charge in [-0.2, -0.15) is 23.0 Å². The summed E-state index contributed by atoms with van der Waals surface area (Å²) in [5.41, 5.74) is 7.03. The second-order valence-electron chi connectivity index (χ2n) is 6.66. The fraction of sp³-hybridized carbons (Fsp3) is 0.100. The first kappa shape index (κ1) is 23.0. The predicted molar refractivity (Wildman–Crippen MR) is 116 cm³/mol. The van der Waals surface area contributed by atoms with Crippen LogP contribution in [-0.2, 0) is 11.9 Å². The molecule has 14 heteroatoms. The van der Waals surface area contributed by atoms with Crippen LogP contribution in [0.1, 0.15) is 27.3 Å². The van der Waals surface area contributed by atoms with Crippen molar-refractivity contribution in [3.63, 3.8) is 0 Å². The molecule has 0 aliphatic heterocycles. The molecule has 0 unspecified atom stereocenters. The third-order valence-electron chi connectivity index (χ3n) is 4.43. The lowest BCUT2D eigenvalue weighted by molar-refractivity contribution is -0.137. The van der Waals surface area contributed by atoms with E-state index in [1.807, 2.05) is 30.3 Å². The number of nitrogens with two attached hydrogens (primary N) is 1. The molecule has 0 spiro atoms. The van der Waals surface area contributed by atoms with Crippen LogP contribution in [0, 0.1) is 0 Å². The maximum atomic E-state index is 13.1. The van der Waals surface area contributed by atoms with Crippen molar-refractivity contribution in [1.82, 2.24) is 30.7 Å². The van der Waals surface area contributed by atoms with E-state index in [0.29, 0.717) is 5.69 Å². The van der Waals surface area contributed by atoms with Gasteiger partial charge in [0.05, 0.1) is 17.5 Å². The average molecular weight is 488 g/mol. The van der Waals surface area contributed by atoms with Crippen LogP contribution in [0.5, 0.6) is 0 Å². The van der Waals surface area contributed by atoms with E-state index in [1.165, 1.54) is 34.6 Å². The predicted octanol–water partition coefficient (Wildman–Crippen LogP) is 3.31. The fourth-order valence-electron chi connectivity index (χ4n) is 2.86. The quantitative estimate of drug-likeness (QED) is 0.230. The van der Waals surface area contributed by atoms with Gasteiger partial charge in [0.25, 0.3) is 5.91 Å². The Kier molecular flexibility index (Phi) is 6.58. The molecule has 0 radical (unpaired) electrons. The standard InChI is InChI=1S/C20H15F3N8O2S/c21-20(22,23)14-9-5-4-6-12(14)10-25-27-19(32)16-15(11-34-13-7-2-1-3-8-13)31(30-26-16)18-17(24)28-33-29-18/h1-10H,11H2,(H2,24,28)(H,27,32)/b25-10-. The van der Waals surface area contributed by atoms with Crippen LogP contribution in [0.3, 0.4) is 0 Å². The number of rotatable bonds is 7. The smallest absolute Gasteiger partial charge is 0.378 e. The van der Waals surface area contributed by atoms with Gasteiger partial charge < -0.3 is 5.73 Å². The minimum atomic E-state index is -4.57. The van der Waals surface area contributed by atoms with Crippen LogP contribution in [0.2, 0.25) is 0 Å². The van der Waals surface area contributed by atoms with Crippen molar-refractivity contribution in [3.8, 4) is 5.82 Å². The number of hydrogen-bond acceptors (Lipinski definition) is 9. The lowest BCUT2D eigenvalue weighted by atomic mass is 10.1. The number of carbonyl (C=O) groups excluding carboxylic acids is 1. The molecule has 2 aromatic heterocycles. The number of alkyl halides is 3. The number of carbonyl (C=O) groups is 1. The minimum absolute atomic E-state index is 0.0396. The third-order valence-corrected chi connectivity index (χ3v) is 5.45. The summed E-state index contributed by atoms with van der Waals surface area (Å²) in [5, 5.41) is 18.6. The fourth-order valence-corrected chi connectivity index (χ4v) is 3.78. The Morgan fingerprint density at radius 1 is 1.15 bits per heavy atom. The van der Waals surface area contributed by atoms with Crippen molar-refractivity contribution >= 4 is 29.7 Å². The van der Waals surface area contributed by atoms with Gasteiger partial charge in [0.2, 0.25) is 11.6 Å². The summed E-state index contributed by atoms with van der Waals surface area (Å²) in [6.07, 6.45) is -3.66. The molecular formula is C20H15F3N8O2S. The van der Waals surface area contributed by atoms with E-state index in [1.54, 1.807) is 0 Å². The minimum Gasteiger partial charge on any atom is -0.378 e. The van der Waals surface area contributed by atoms with E-state index >= 15 is 0 Å². The van der Waals surface area contributed by atoms with Gasteiger partial charge >= 0.3 is 6.18 Å². The number of benzene rings is 2. The van der Waals surface area contributed by atoms with Crippen molar-refractivity contribution in [2.45, 2.75) is 16.8 Å². The molecule has 3 N–H and O–H groups in total. The van der Waals surface area contributed by atoms with Crippen LogP contribution in [0.25, 0.3) is 5.82 Å². The highest BCUT2D eigenvalue weighted by Crippen LogP contribution is 2.31. The Morgan fingerprint density at radius 2 is 1.88 bits per heavy atom. The Hall–Kier alpha value is -4.20. The summed E-state index contributed by atoms with van der Waals surface area (Å²) in [6, 6.07) is 14.2. The zero-order valence-corrected chi connectivity index (χ0v) is 17.9. The Labute approximate surface area is 194 Å². The number of nitrogens with one attached hydrogen (secondary N) is 1. The van der Waals surface area contributed by atoms with E-state index in [2.05, 4.69) is 35.8 Å². The van der Waals surface area contributed by atoms with Gasteiger partial charge in [0, 0.05) is 16.2 Å². The topological polar surface area (TPSA) is 137 Å². The number of amides is 1. The van der Waals surface area contributed by atoms with E-state index in [4.69, 9.17) is 5.73 Å². The molecule has 4 aromatic rings. The number of halogens is 3. The number of anilines is 1. The molecule has 0 aliphatic carbocycles. The van der Waals surface area contributed by atoms with Crippen LogP contribution in [0.4, 0.5) is 19.0 Å². The van der Waals surface area contributed by atoms with E-state index in [0.717, 1.165) is 17.2 Å². The normalized spacial score (nSPS) is 11.7. The maximum Gasteiger partial charge on any atom is 0.417 e. The first-order valence-electron chi connectivity index (χ1n) is 9.55. The van der Waals surface area contributed by atoms with Crippen molar-refractivity contribution in [2.24, 2.45) is 5.10 Å². The lowest BCUT2D eigenvalue weighted by Gasteiger charge is -2.09. The summed E-state index contributed by atoms with van der Waals surface area (Å²) >= 11 is 1.39. The molecule has 34 heavy (non-hydrogen) atoms. The molecule has 4 rings (SSSR count). The molecule has 0 atom stereocenters. The molecule has 0 saturated heterocycles. The van der Waals surface area contributed by atoms with Gasteiger partial charge in [-0.15, -0.1) is 16.9 Å². The molecule has 0 saturated carbocycles. The van der Waals surface area contributed by atoms with Gasteiger partial charge in [0.1, 0.15) is 0 Å². The zero-order chi connectivity index (χ0) is 24.1. The number of nitrogen functional groups attached to an aromatic ring is 1. The highest BCUT2D eigenvalue weighted by atomic mass is 32.2. The number of hydrazone groups is 1. The summed E-state index contributed by atoms with van der Waals surface area (Å²) in [5.74, 6) is -0.583. The molecule has 0 fully saturated rings. The molecule has 2 aromatic carbocycles. The second-order valence-corrected chi connectivity index (χ2v) is 7.70. The van der Waals surface area contributed by atoms with Gasteiger partial charge in [-0.3, -0.25) is 4.79 Å². The number of hydrogen-bond donors (Lipinski definition) is 2. The van der Waals surface area contributed by atoms with E-state index in [9.17, 15) is 18.0 Å². The van der Waals surface area contributed by atoms with Crippen LogP contribution in [-0.4, -0.2) is 37.4 Å². The van der Waals surface area contributed by atoms with Crippen molar-refractivity contribution in [1.29, 1.82) is 0 Å². The number of aromatic nitrogens is 5. The molecule has 10 nitrogen and oxygen atoms in total. The van der Waals surface area contributed by atoms with Crippen molar-refractivity contribution in [2.75, 3.05) is 5.73 Å². The summed E-state index contributed by atoms with van der Waals surface area (Å²) in [7, 11) is 0. The molecule has 174 valence electrons. The maximum absolute atomic E-state index is 13.1. The summed E-state index contributed by atoms with van der Waals surface area (Å²) in [6.45, 7) is 0. The molecule has 1 amide bonds. The van der Waals surface area contributed by atoms with Crippen molar-refractivity contribution < 1.29 is 22.6 Å². The zero-order valence-electron chi connectivity index (χ0n) is 17.1. The first-order chi connectivity index (χ1) is 16.3. The highest BCUT2D eigenvalue weighted by molar-refractivity contribution is 7.98. The largest absolute Gasteiger partial charge is 0.417 e. The summed E-state index contributed by atoms with van der Waals surface area (Å²) < 4.78 is 45.2. The van der Waals surface area contributed by atoms with E-state index < -0.39 is 17.6 Å². The Morgan fingerprint density at radius 3 is 2.59 bits per heavy atom.